The van der Waals surface area contributed by atoms with Gasteiger partial charge in [-0.15, -0.1) is 0 Å². The van der Waals surface area contributed by atoms with E-state index in [0.717, 1.165) is 0 Å². The van der Waals surface area contributed by atoms with Gasteiger partial charge in [-0.25, -0.2) is 0 Å². The molecule has 0 spiro atoms. The molecule has 1 unspecified atom stereocenters. The lowest BCUT2D eigenvalue weighted by Gasteiger charge is -2.10. The lowest BCUT2D eigenvalue weighted by Crippen LogP contribution is -2.43. The molecular weight excluding hydrogens is 184 g/mol. The maximum atomic E-state index is 11.4. The van der Waals surface area contributed by atoms with Gasteiger partial charge in [-0.1, -0.05) is 0 Å². The van der Waals surface area contributed by atoms with Gasteiger partial charge in [0.15, 0.2) is 5.76 Å². The van der Waals surface area contributed by atoms with Crippen LogP contribution in [-0.4, -0.2) is 24.9 Å². The lowest BCUT2D eigenvalue weighted by molar-refractivity contribution is -0.122. The van der Waals surface area contributed by atoms with Crippen LogP contribution in [0.1, 0.15) is 17.5 Å². The standard InChI is InChI=1S/C9H12N2O3/c1-6(8(12)10-2)11-9(13)7-4-3-5-14-7/h3-6H,1-2H3,(H,10,12)(H,11,13). The Balaban J connectivity index is 2.53. The molecule has 2 amide bonds. The number of carbonyl (C=O) groups excluding carboxylic acids is 2. The number of hydrogen-bond acceptors (Lipinski definition) is 3. The van der Waals surface area contributed by atoms with E-state index in [1.165, 1.54) is 19.4 Å². The minimum atomic E-state index is -0.572. The Bertz CT molecular complexity index is 319. The molecule has 0 radical (unpaired) electrons. The van der Waals surface area contributed by atoms with Crippen molar-refractivity contribution >= 4 is 11.8 Å². The van der Waals surface area contributed by atoms with E-state index < -0.39 is 11.9 Å². The first kappa shape index (κ1) is 10.3. The van der Waals surface area contributed by atoms with Gasteiger partial charge in [-0.05, 0) is 19.1 Å². The summed E-state index contributed by atoms with van der Waals surface area (Å²) in [6, 6.07) is 2.57. The molecule has 14 heavy (non-hydrogen) atoms. The molecule has 0 aliphatic carbocycles. The Kier molecular flexibility index (Phi) is 3.28. The van der Waals surface area contributed by atoms with Crippen LogP contribution in [0.15, 0.2) is 22.8 Å². The monoisotopic (exact) mass is 196 g/mol. The van der Waals surface area contributed by atoms with Gasteiger partial charge >= 0.3 is 0 Å². The number of likely N-dealkylation sites (N-methyl/N-ethyl adjacent to an activating group) is 1. The molecule has 1 rings (SSSR count). The second kappa shape index (κ2) is 4.45. The second-order valence-electron chi connectivity index (χ2n) is 2.79. The molecule has 1 aromatic heterocycles. The van der Waals surface area contributed by atoms with Crippen molar-refractivity contribution in [1.82, 2.24) is 10.6 Å². The molecule has 76 valence electrons. The minimum absolute atomic E-state index is 0.195. The molecular formula is C9H12N2O3. The SMILES string of the molecule is CNC(=O)C(C)NC(=O)c1ccco1. The van der Waals surface area contributed by atoms with E-state index in [1.807, 2.05) is 0 Å². The van der Waals surface area contributed by atoms with Crippen molar-refractivity contribution in [3.05, 3.63) is 24.2 Å². The molecule has 1 aromatic rings. The molecule has 1 atom stereocenters. The van der Waals surface area contributed by atoms with E-state index >= 15 is 0 Å². The van der Waals surface area contributed by atoms with Crippen molar-refractivity contribution < 1.29 is 14.0 Å². The number of rotatable bonds is 3. The molecule has 2 N–H and O–H groups in total. The highest BCUT2D eigenvalue weighted by molar-refractivity contribution is 5.95. The van der Waals surface area contributed by atoms with Crippen LogP contribution < -0.4 is 10.6 Å². The van der Waals surface area contributed by atoms with Crippen molar-refractivity contribution in [2.45, 2.75) is 13.0 Å². The minimum Gasteiger partial charge on any atom is -0.459 e. The maximum absolute atomic E-state index is 11.4. The van der Waals surface area contributed by atoms with Crippen molar-refractivity contribution in [3.8, 4) is 0 Å². The number of carbonyl (C=O) groups is 2. The molecule has 0 aliphatic rings. The Hall–Kier alpha value is -1.78. The van der Waals surface area contributed by atoms with Crippen LogP contribution in [0.5, 0.6) is 0 Å². The van der Waals surface area contributed by atoms with Crippen molar-refractivity contribution in [3.63, 3.8) is 0 Å². The van der Waals surface area contributed by atoms with Gasteiger partial charge in [0.05, 0.1) is 6.26 Å². The zero-order valence-electron chi connectivity index (χ0n) is 8.03. The lowest BCUT2D eigenvalue weighted by atomic mass is 10.3. The fourth-order valence-electron chi connectivity index (χ4n) is 0.958. The van der Waals surface area contributed by atoms with E-state index in [1.54, 1.807) is 13.0 Å². The van der Waals surface area contributed by atoms with Crippen LogP contribution in [0.4, 0.5) is 0 Å². The third-order valence-electron chi connectivity index (χ3n) is 1.73. The first-order valence-electron chi connectivity index (χ1n) is 4.21. The summed E-state index contributed by atoms with van der Waals surface area (Å²) in [5.74, 6) is -0.447. The normalized spacial score (nSPS) is 11.9. The smallest absolute Gasteiger partial charge is 0.287 e. The molecule has 0 saturated heterocycles. The molecule has 0 fully saturated rings. The Morgan fingerprint density at radius 1 is 1.50 bits per heavy atom. The summed E-state index contributed by atoms with van der Waals surface area (Å²) >= 11 is 0. The van der Waals surface area contributed by atoms with Gasteiger partial charge in [-0.2, -0.15) is 0 Å². The van der Waals surface area contributed by atoms with E-state index in [9.17, 15) is 9.59 Å². The topological polar surface area (TPSA) is 71.3 Å². The highest BCUT2D eigenvalue weighted by Crippen LogP contribution is 1.99. The number of nitrogens with one attached hydrogen (secondary N) is 2. The van der Waals surface area contributed by atoms with Gasteiger partial charge in [0.25, 0.3) is 5.91 Å². The zero-order valence-corrected chi connectivity index (χ0v) is 8.03. The summed E-state index contributed by atoms with van der Waals surface area (Å²) in [5.41, 5.74) is 0. The number of furan rings is 1. The van der Waals surface area contributed by atoms with Gasteiger partial charge in [0, 0.05) is 7.05 Å². The van der Waals surface area contributed by atoms with Crippen LogP contribution in [0.2, 0.25) is 0 Å². The first-order chi connectivity index (χ1) is 6.65. The predicted molar refractivity (Wildman–Crippen MR) is 49.7 cm³/mol. The number of hydrogen-bond donors (Lipinski definition) is 2. The molecule has 1 heterocycles. The van der Waals surface area contributed by atoms with Gasteiger partial charge in [0.2, 0.25) is 5.91 Å². The zero-order chi connectivity index (χ0) is 10.6. The predicted octanol–water partition coefficient (Wildman–Crippen LogP) is 0.144. The van der Waals surface area contributed by atoms with Gasteiger partial charge in [-0.3, -0.25) is 9.59 Å². The Labute approximate surface area is 81.5 Å². The Morgan fingerprint density at radius 2 is 2.21 bits per heavy atom. The molecule has 5 nitrogen and oxygen atoms in total. The van der Waals surface area contributed by atoms with Crippen molar-refractivity contribution in [2.24, 2.45) is 0 Å². The fourth-order valence-corrected chi connectivity index (χ4v) is 0.958. The van der Waals surface area contributed by atoms with Gasteiger partial charge in [0.1, 0.15) is 6.04 Å². The Morgan fingerprint density at radius 3 is 2.71 bits per heavy atom. The van der Waals surface area contributed by atoms with Crippen LogP contribution in [0.25, 0.3) is 0 Å². The summed E-state index contributed by atoms with van der Waals surface area (Å²) in [4.78, 5) is 22.4. The van der Waals surface area contributed by atoms with Crippen LogP contribution in [-0.2, 0) is 4.79 Å². The van der Waals surface area contributed by atoms with Crippen LogP contribution in [0, 0.1) is 0 Å². The summed E-state index contributed by atoms with van der Waals surface area (Å²) in [6.45, 7) is 1.60. The summed E-state index contributed by atoms with van der Waals surface area (Å²) < 4.78 is 4.87. The summed E-state index contributed by atoms with van der Waals surface area (Å²) in [5, 5.41) is 4.92. The molecule has 0 aromatic carbocycles. The molecule has 0 bridgehead atoms. The largest absolute Gasteiger partial charge is 0.459 e. The maximum Gasteiger partial charge on any atom is 0.287 e. The quantitative estimate of drug-likeness (QED) is 0.722. The van der Waals surface area contributed by atoms with Gasteiger partial charge < -0.3 is 15.1 Å². The highest BCUT2D eigenvalue weighted by Gasteiger charge is 2.16. The molecule has 0 aliphatic heterocycles. The van der Waals surface area contributed by atoms with Crippen LogP contribution >= 0.6 is 0 Å². The summed E-state index contributed by atoms with van der Waals surface area (Å²) in [6.07, 6.45) is 1.40. The average molecular weight is 196 g/mol. The summed E-state index contributed by atoms with van der Waals surface area (Å²) in [7, 11) is 1.51. The highest BCUT2D eigenvalue weighted by atomic mass is 16.3. The molecule has 0 saturated carbocycles. The number of amides is 2. The first-order valence-corrected chi connectivity index (χ1v) is 4.21. The third kappa shape index (κ3) is 2.35. The fraction of sp³-hybridized carbons (Fsp3) is 0.333. The van der Waals surface area contributed by atoms with Crippen molar-refractivity contribution in [2.75, 3.05) is 7.05 Å². The second-order valence-corrected chi connectivity index (χ2v) is 2.79. The average Bonchev–Trinajstić information content (AvgIpc) is 2.69. The van der Waals surface area contributed by atoms with E-state index in [0.29, 0.717) is 0 Å². The van der Waals surface area contributed by atoms with E-state index in [2.05, 4.69) is 10.6 Å². The van der Waals surface area contributed by atoms with Crippen molar-refractivity contribution in [1.29, 1.82) is 0 Å². The molecule has 5 heteroatoms. The third-order valence-corrected chi connectivity index (χ3v) is 1.73. The van der Waals surface area contributed by atoms with E-state index in [-0.39, 0.29) is 11.7 Å². The van der Waals surface area contributed by atoms with Crippen LogP contribution in [0.3, 0.4) is 0 Å². The van der Waals surface area contributed by atoms with E-state index in [4.69, 9.17) is 4.42 Å².